The number of carboxylic acid groups (broad SMARTS) is 1. The first-order valence-electron chi connectivity index (χ1n) is 7.21. The van der Waals surface area contributed by atoms with Crippen LogP contribution < -0.4 is 0 Å². The van der Waals surface area contributed by atoms with Crippen LogP contribution in [0.15, 0.2) is 5.38 Å². The number of hydrogen-bond donors (Lipinski definition) is 1. The third-order valence-corrected chi connectivity index (χ3v) is 5.17. The fourth-order valence-electron chi connectivity index (χ4n) is 2.78. The van der Waals surface area contributed by atoms with Crippen LogP contribution in [0.25, 0.3) is 0 Å². The van der Waals surface area contributed by atoms with E-state index in [0.29, 0.717) is 6.54 Å². The van der Waals surface area contributed by atoms with Crippen molar-refractivity contribution in [3.63, 3.8) is 0 Å². The van der Waals surface area contributed by atoms with Gasteiger partial charge < -0.3 is 5.11 Å². The molecule has 1 fully saturated rings. The highest BCUT2D eigenvalue weighted by Crippen LogP contribution is 2.28. The molecule has 20 heavy (non-hydrogen) atoms. The topological polar surface area (TPSA) is 53.4 Å². The minimum absolute atomic E-state index is 0.0598. The number of thiazole rings is 1. The lowest BCUT2D eigenvalue weighted by molar-refractivity contribution is -0.147. The van der Waals surface area contributed by atoms with Gasteiger partial charge in [0.1, 0.15) is 6.04 Å². The highest BCUT2D eigenvalue weighted by molar-refractivity contribution is 7.09. The molecule has 2 unspecified atom stereocenters. The maximum Gasteiger partial charge on any atom is 0.321 e. The van der Waals surface area contributed by atoms with Crippen molar-refractivity contribution in [3.05, 3.63) is 16.1 Å². The van der Waals surface area contributed by atoms with Crippen LogP contribution >= 0.6 is 11.3 Å². The van der Waals surface area contributed by atoms with Gasteiger partial charge >= 0.3 is 5.97 Å². The monoisotopic (exact) mass is 296 g/mol. The van der Waals surface area contributed by atoms with Crippen molar-refractivity contribution in [1.82, 2.24) is 9.88 Å². The van der Waals surface area contributed by atoms with Gasteiger partial charge in [0.15, 0.2) is 0 Å². The van der Waals surface area contributed by atoms with Crippen molar-refractivity contribution in [1.29, 1.82) is 0 Å². The van der Waals surface area contributed by atoms with Crippen LogP contribution in [-0.4, -0.2) is 33.5 Å². The van der Waals surface area contributed by atoms with Gasteiger partial charge in [-0.1, -0.05) is 27.7 Å². The van der Waals surface area contributed by atoms with Crippen LogP contribution in [0, 0.1) is 5.92 Å². The first kappa shape index (κ1) is 15.4. The van der Waals surface area contributed by atoms with E-state index in [1.165, 1.54) is 0 Å². The second-order valence-corrected chi connectivity index (χ2v) is 7.63. The number of piperidine rings is 1. The summed E-state index contributed by atoms with van der Waals surface area (Å²) >= 11 is 1.67. The Morgan fingerprint density at radius 3 is 2.80 bits per heavy atom. The van der Waals surface area contributed by atoms with Gasteiger partial charge in [-0.2, -0.15) is 0 Å². The molecule has 0 radical (unpaired) electrons. The van der Waals surface area contributed by atoms with Crippen molar-refractivity contribution < 1.29 is 9.90 Å². The smallest absolute Gasteiger partial charge is 0.321 e. The molecule has 1 N–H and O–H groups in total. The fourth-order valence-corrected chi connectivity index (χ4v) is 3.68. The van der Waals surface area contributed by atoms with E-state index in [1.54, 1.807) is 11.3 Å². The van der Waals surface area contributed by atoms with Gasteiger partial charge in [0.05, 0.1) is 10.7 Å². The summed E-state index contributed by atoms with van der Waals surface area (Å²) in [4.78, 5) is 18.2. The Morgan fingerprint density at radius 2 is 2.25 bits per heavy atom. The third kappa shape index (κ3) is 3.38. The SMILES string of the molecule is CC1CCCN(Cc2csc(C(C)(C)C)n2)C1C(=O)O. The van der Waals surface area contributed by atoms with Crippen LogP contribution in [0.1, 0.15) is 51.2 Å². The number of aromatic nitrogens is 1. The maximum absolute atomic E-state index is 11.5. The predicted molar refractivity (Wildman–Crippen MR) is 81.0 cm³/mol. The molecule has 0 aromatic carbocycles. The molecular formula is C15H24N2O2S. The predicted octanol–water partition coefficient (Wildman–Crippen LogP) is 3.13. The number of rotatable bonds is 3. The molecule has 1 aromatic rings. The molecule has 0 amide bonds. The number of carboxylic acids is 1. The maximum atomic E-state index is 11.5. The summed E-state index contributed by atoms with van der Waals surface area (Å²) in [5.74, 6) is -0.495. The van der Waals surface area contributed by atoms with E-state index in [9.17, 15) is 9.90 Å². The second-order valence-electron chi connectivity index (χ2n) is 6.77. The number of likely N-dealkylation sites (tertiary alicyclic amines) is 1. The minimum atomic E-state index is -0.705. The van der Waals surface area contributed by atoms with Crippen molar-refractivity contribution in [3.8, 4) is 0 Å². The van der Waals surface area contributed by atoms with Gasteiger partial charge in [-0.15, -0.1) is 11.3 Å². The molecule has 4 nitrogen and oxygen atoms in total. The van der Waals surface area contributed by atoms with E-state index in [4.69, 9.17) is 0 Å². The quantitative estimate of drug-likeness (QED) is 0.931. The van der Waals surface area contributed by atoms with E-state index in [2.05, 4.69) is 36.0 Å². The van der Waals surface area contributed by atoms with Crippen LogP contribution in [0.4, 0.5) is 0 Å². The van der Waals surface area contributed by atoms with Gasteiger partial charge in [-0.3, -0.25) is 9.69 Å². The fraction of sp³-hybridized carbons (Fsp3) is 0.733. The zero-order chi connectivity index (χ0) is 14.9. The molecule has 1 aromatic heterocycles. The van der Waals surface area contributed by atoms with Gasteiger partial charge in [0.25, 0.3) is 0 Å². The van der Waals surface area contributed by atoms with E-state index in [-0.39, 0.29) is 17.4 Å². The number of hydrogen-bond acceptors (Lipinski definition) is 4. The lowest BCUT2D eigenvalue weighted by Crippen LogP contribution is -2.48. The molecule has 5 heteroatoms. The Kier molecular flexibility index (Phi) is 4.49. The Labute approximate surface area is 124 Å². The van der Waals surface area contributed by atoms with Gasteiger partial charge in [-0.05, 0) is 25.3 Å². The normalized spacial score (nSPS) is 24.8. The van der Waals surface area contributed by atoms with Crippen LogP contribution in [0.3, 0.4) is 0 Å². The number of nitrogens with zero attached hydrogens (tertiary/aromatic N) is 2. The molecule has 0 saturated carbocycles. The Morgan fingerprint density at radius 1 is 1.55 bits per heavy atom. The lowest BCUT2D eigenvalue weighted by Gasteiger charge is -2.36. The first-order chi connectivity index (χ1) is 9.29. The van der Waals surface area contributed by atoms with Crippen molar-refractivity contribution in [2.24, 2.45) is 5.92 Å². The molecular weight excluding hydrogens is 272 g/mol. The molecule has 0 spiro atoms. The largest absolute Gasteiger partial charge is 0.480 e. The highest BCUT2D eigenvalue weighted by Gasteiger charge is 2.34. The van der Waals surface area contributed by atoms with Gasteiger partial charge in [-0.25, -0.2) is 4.98 Å². The lowest BCUT2D eigenvalue weighted by atomic mass is 9.91. The zero-order valence-corrected chi connectivity index (χ0v) is 13.5. The first-order valence-corrected chi connectivity index (χ1v) is 8.08. The van der Waals surface area contributed by atoms with E-state index >= 15 is 0 Å². The number of aliphatic carboxylic acids is 1. The summed E-state index contributed by atoms with van der Waals surface area (Å²) in [5.41, 5.74) is 1.06. The average molecular weight is 296 g/mol. The third-order valence-electron chi connectivity index (χ3n) is 3.85. The molecule has 112 valence electrons. The minimum Gasteiger partial charge on any atom is -0.480 e. The number of carbonyl (C=O) groups is 1. The Balaban J connectivity index is 2.11. The zero-order valence-electron chi connectivity index (χ0n) is 12.7. The summed E-state index contributed by atoms with van der Waals surface area (Å²) in [7, 11) is 0. The van der Waals surface area contributed by atoms with E-state index in [0.717, 1.165) is 30.1 Å². The molecule has 2 rings (SSSR count). The Hall–Kier alpha value is -0.940. The molecule has 1 aliphatic heterocycles. The van der Waals surface area contributed by atoms with E-state index in [1.807, 2.05) is 6.92 Å². The standard InChI is InChI=1S/C15H24N2O2S/c1-10-6-5-7-17(12(10)13(18)19)8-11-9-20-14(16-11)15(2,3)4/h9-10,12H,5-8H2,1-4H3,(H,18,19). The summed E-state index contributed by atoms with van der Waals surface area (Å²) < 4.78 is 0. The molecule has 2 heterocycles. The molecule has 1 aliphatic rings. The van der Waals surface area contributed by atoms with Crippen LogP contribution in [0.2, 0.25) is 0 Å². The van der Waals surface area contributed by atoms with Gasteiger partial charge in [0, 0.05) is 17.3 Å². The summed E-state index contributed by atoms with van der Waals surface area (Å²) in [6.45, 7) is 9.99. The highest BCUT2D eigenvalue weighted by atomic mass is 32.1. The van der Waals surface area contributed by atoms with Crippen molar-refractivity contribution in [2.75, 3.05) is 6.54 Å². The second kappa shape index (κ2) is 5.82. The van der Waals surface area contributed by atoms with Crippen LogP contribution in [0.5, 0.6) is 0 Å². The summed E-state index contributed by atoms with van der Waals surface area (Å²) in [6, 6.07) is -0.372. The molecule has 1 saturated heterocycles. The summed E-state index contributed by atoms with van der Waals surface area (Å²) in [5, 5.41) is 12.6. The molecule has 2 atom stereocenters. The Bertz CT molecular complexity index is 478. The van der Waals surface area contributed by atoms with E-state index < -0.39 is 5.97 Å². The van der Waals surface area contributed by atoms with Crippen LogP contribution in [-0.2, 0) is 16.8 Å². The average Bonchev–Trinajstić information content (AvgIpc) is 2.76. The van der Waals surface area contributed by atoms with Gasteiger partial charge in [0.2, 0.25) is 0 Å². The molecule has 0 aliphatic carbocycles. The van der Waals surface area contributed by atoms with Crippen molar-refractivity contribution in [2.45, 2.75) is 58.5 Å². The van der Waals surface area contributed by atoms with Crippen molar-refractivity contribution >= 4 is 17.3 Å². The molecule has 0 bridgehead atoms. The summed E-state index contributed by atoms with van der Waals surface area (Å²) in [6.07, 6.45) is 2.07.